The Hall–Kier alpha value is -2.26. The molecule has 3 aromatic rings. The fourth-order valence-corrected chi connectivity index (χ4v) is 2.53. The van der Waals surface area contributed by atoms with Crippen LogP contribution in [0.25, 0.3) is 10.9 Å². The normalized spacial score (nSPS) is 10.8. The molecule has 0 saturated heterocycles. The molecule has 3 rings (SSSR count). The van der Waals surface area contributed by atoms with E-state index in [1.54, 1.807) is 18.3 Å². The number of halogens is 1. The smallest absolute Gasteiger partial charge is 0.134 e. The number of rotatable bonds is 3. The maximum Gasteiger partial charge on any atom is 0.134 e. The van der Waals surface area contributed by atoms with Crippen molar-refractivity contribution in [2.45, 2.75) is 13.5 Å². The van der Waals surface area contributed by atoms with Gasteiger partial charge in [-0.05, 0) is 48.4 Å². The van der Waals surface area contributed by atoms with E-state index in [0.717, 1.165) is 27.7 Å². The second-order valence-corrected chi connectivity index (χ2v) is 5.38. The van der Waals surface area contributed by atoms with E-state index in [2.05, 4.69) is 35.4 Å². The lowest BCUT2D eigenvalue weighted by atomic mass is 10.1. The highest BCUT2D eigenvalue weighted by molar-refractivity contribution is 6.32. The van der Waals surface area contributed by atoms with Crippen LogP contribution in [0.3, 0.4) is 0 Å². The van der Waals surface area contributed by atoms with Gasteiger partial charge in [-0.3, -0.25) is 4.98 Å². The van der Waals surface area contributed by atoms with Gasteiger partial charge in [0.05, 0.1) is 10.5 Å². The maximum atomic E-state index is 9.44. The molecule has 0 fully saturated rings. The number of pyridine rings is 1. The van der Waals surface area contributed by atoms with Gasteiger partial charge >= 0.3 is 0 Å². The Morgan fingerprint density at radius 1 is 1.19 bits per heavy atom. The van der Waals surface area contributed by atoms with Gasteiger partial charge in [0.1, 0.15) is 5.75 Å². The first-order valence-electron chi connectivity index (χ1n) is 6.71. The zero-order valence-electron chi connectivity index (χ0n) is 11.6. The van der Waals surface area contributed by atoms with E-state index >= 15 is 0 Å². The van der Waals surface area contributed by atoms with Crippen molar-refractivity contribution in [1.82, 2.24) is 4.98 Å². The molecule has 0 radical (unpaired) electrons. The summed E-state index contributed by atoms with van der Waals surface area (Å²) in [5, 5.41) is 14.3. The standard InChI is InChI=1S/C17H15ClN2O/c1-11-4-6-15(13-3-2-8-19-17(11)13)20-10-12-5-7-16(21)14(18)9-12/h2-9,20-21H,10H2,1H3. The minimum atomic E-state index is 0.102. The Balaban J connectivity index is 1.88. The average Bonchev–Trinajstić information content (AvgIpc) is 2.50. The zero-order chi connectivity index (χ0) is 14.8. The van der Waals surface area contributed by atoms with Crippen molar-refractivity contribution in [3.05, 3.63) is 64.8 Å². The van der Waals surface area contributed by atoms with Gasteiger partial charge in [0.2, 0.25) is 0 Å². The molecule has 0 unspecified atom stereocenters. The summed E-state index contributed by atoms with van der Waals surface area (Å²) in [6, 6.07) is 13.3. The van der Waals surface area contributed by atoms with Crippen LogP contribution in [0.4, 0.5) is 5.69 Å². The number of fused-ring (bicyclic) bond motifs is 1. The summed E-state index contributed by atoms with van der Waals surface area (Å²) >= 11 is 5.92. The van der Waals surface area contributed by atoms with Crippen LogP contribution >= 0.6 is 11.6 Å². The highest BCUT2D eigenvalue weighted by atomic mass is 35.5. The zero-order valence-corrected chi connectivity index (χ0v) is 12.4. The average molecular weight is 299 g/mol. The summed E-state index contributed by atoms with van der Waals surface area (Å²) in [5.41, 5.74) is 4.21. The van der Waals surface area contributed by atoms with E-state index in [0.29, 0.717) is 11.6 Å². The van der Waals surface area contributed by atoms with E-state index in [4.69, 9.17) is 11.6 Å². The monoisotopic (exact) mass is 298 g/mol. The molecule has 1 aromatic heterocycles. The molecule has 0 aliphatic heterocycles. The first-order valence-corrected chi connectivity index (χ1v) is 7.08. The Bertz CT molecular complexity index is 802. The molecule has 0 bridgehead atoms. The van der Waals surface area contributed by atoms with Crippen LogP contribution in [-0.4, -0.2) is 10.1 Å². The Labute approximate surface area is 128 Å². The predicted octanol–water partition coefficient (Wildman–Crippen LogP) is 4.51. The van der Waals surface area contributed by atoms with Crippen LogP contribution in [-0.2, 0) is 6.54 Å². The fraction of sp³-hybridized carbons (Fsp3) is 0.118. The number of hydrogen-bond donors (Lipinski definition) is 2. The molecule has 4 heteroatoms. The van der Waals surface area contributed by atoms with Crippen LogP contribution in [0.1, 0.15) is 11.1 Å². The number of phenolic OH excluding ortho intramolecular Hbond substituents is 1. The van der Waals surface area contributed by atoms with Crippen molar-refractivity contribution in [2.75, 3.05) is 5.32 Å². The van der Waals surface area contributed by atoms with E-state index in [1.807, 2.05) is 12.1 Å². The number of aromatic nitrogens is 1. The van der Waals surface area contributed by atoms with Crippen molar-refractivity contribution >= 4 is 28.2 Å². The molecular formula is C17H15ClN2O. The number of hydrogen-bond acceptors (Lipinski definition) is 3. The van der Waals surface area contributed by atoms with Gasteiger partial charge in [0.15, 0.2) is 0 Å². The SMILES string of the molecule is Cc1ccc(NCc2ccc(O)c(Cl)c2)c2cccnc12. The minimum Gasteiger partial charge on any atom is -0.506 e. The van der Waals surface area contributed by atoms with Crippen molar-refractivity contribution < 1.29 is 5.11 Å². The second-order valence-electron chi connectivity index (χ2n) is 4.97. The van der Waals surface area contributed by atoms with Crippen LogP contribution in [0.5, 0.6) is 5.75 Å². The van der Waals surface area contributed by atoms with E-state index in [9.17, 15) is 5.11 Å². The number of nitrogens with zero attached hydrogens (tertiary/aromatic N) is 1. The minimum absolute atomic E-state index is 0.102. The molecule has 106 valence electrons. The number of aromatic hydroxyl groups is 1. The lowest BCUT2D eigenvalue weighted by molar-refractivity contribution is 0.475. The van der Waals surface area contributed by atoms with Gasteiger partial charge in [-0.2, -0.15) is 0 Å². The van der Waals surface area contributed by atoms with E-state index in [1.165, 1.54) is 0 Å². The van der Waals surface area contributed by atoms with Gasteiger partial charge in [0, 0.05) is 23.8 Å². The van der Waals surface area contributed by atoms with Crippen LogP contribution in [0.15, 0.2) is 48.7 Å². The summed E-state index contributed by atoms with van der Waals surface area (Å²) < 4.78 is 0. The van der Waals surface area contributed by atoms with E-state index < -0.39 is 0 Å². The maximum absolute atomic E-state index is 9.44. The van der Waals surface area contributed by atoms with Crippen LogP contribution < -0.4 is 5.32 Å². The number of aryl methyl sites for hydroxylation is 1. The molecule has 3 nitrogen and oxygen atoms in total. The molecule has 21 heavy (non-hydrogen) atoms. The summed E-state index contributed by atoms with van der Waals surface area (Å²) in [7, 11) is 0. The third-order valence-electron chi connectivity index (χ3n) is 3.47. The lowest BCUT2D eigenvalue weighted by Crippen LogP contribution is -2.00. The van der Waals surface area contributed by atoms with Crippen LogP contribution in [0, 0.1) is 6.92 Å². The Morgan fingerprint density at radius 3 is 2.86 bits per heavy atom. The Morgan fingerprint density at radius 2 is 2.05 bits per heavy atom. The molecule has 1 heterocycles. The fourth-order valence-electron chi connectivity index (χ4n) is 2.33. The number of anilines is 1. The van der Waals surface area contributed by atoms with Gasteiger partial charge in [-0.15, -0.1) is 0 Å². The first kappa shape index (κ1) is 13.7. The van der Waals surface area contributed by atoms with Crippen molar-refractivity contribution in [2.24, 2.45) is 0 Å². The number of benzene rings is 2. The second kappa shape index (κ2) is 5.62. The molecule has 0 atom stereocenters. The molecule has 0 aliphatic carbocycles. The molecule has 2 N–H and O–H groups in total. The van der Waals surface area contributed by atoms with Gasteiger partial charge in [-0.1, -0.05) is 23.7 Å². The number of phenols is 1. The number of nitrogens with one attached hydrogen (secondary N) is 1. The third-order valence-corrected chi connectivity index (χ3v) is 3.77. The Kier molecular flexibility index (Phi) is 3.67. The quantitative estimate of drug-likeness (QED) is 0.747. The van der Waals surface area contributed by atoms with Gasteiger partial charge < -0.3 is 10.4 Å². The van der Waals surface area contributed by atoms with Gasteiger partial charge in [0.25, 0.3) is 0 Å². The molecular weight excluding hydrogens is 284 g/mol. The first-order chi connectivity index (χ1) is 10.1. The van der Waals surface area contributed by atoms with Crippen molar-refractivity contribution in [1.29, 1.82) is 0 Å². The summed E-state index contributed by atoms with van der Waals surface area (Å²) in [5.74, 6) is 0.102. The molecule has 0 amide bonds. The largest absolute Gasteiger partial charge is 0.506 e. The molecule has 0 spiro atoms. The molecule has 0 saturated carbocycles. The lowest BCUT2D eigenvalue weighted by Gasteiger charge is -2.11. The summed E-state index contributed by atoms with van der Waals surface area (Å²) in [6.07, 6.45) is 1.80. The highest BCUT2D eigenvalue weighted by Crippen LogP contribution is 2.27. The summed E-state index contributed by atoms with van der Waals surface area (Å²) in [6.45, 7) is 2.69. The van der Waals surface area contributed by atoms with Crippen LogP contribution in [0.2, 0.25) is 5.02 Å². The summed E-state index contributed by atoms with van der Waals surface area (Å²) in [4.78, 5) is 4.43. The topological polar surface area (TPSA) is 45.1 Å². The highest BCUT2D eigenvalue weighted by Gasteiger charge is 2.05. The predicted molar refractivity (Wildman–Crippen MR) is 86.9 cm³/mol. The third kappa shape index (κ3) is 2.78. The molecule has 0 aliphatic rings. The van der Waals surface area contributed by atoms with Crippen molar-refractivity contribution in [3.63, 3.8) is 0 Å². The van der Waals surface area contributed by atoms with Gasteiger partial charge in [-0.25, -0.2) is 0 Å². The molecule has 2 aromatic carbocycles. The van der Waals surface area contributed by atoms with E-state index in [-0.39, 0.29) is 5.75 Å². The van der Waals surface area contributed by atoms with Crippen molar-refractivity contribution in [3.8, 4) is 5.75 Å².